The van der Waals surface area contributed by atoms with Crippen LogP contribution in [0.3, 0.4) is 0 Å². The van der Waals surface area contributed by atoms with E-state index >= 15 is 0 Å². The maximum atomic E-state index is 11.2. The molecule has 2 heteroatoms. The molecule has 0 bridgehead atoms. The third-order valence-corrected chi connectivity index (χ3v) is 3.66. The molecule has 0 radical (unpaired) electrons. The van der Waals surface area contributed by atoms with E-state index in [0.29, 0.717) is 5.92 Å². The Bertz CT molecular complexity index is 189. The summed E-state index contributed by atoms with van der Waals surface area (Å²) in [6.07, 6.45) is 6.68. The van der Waals surface area contributed by atoms with Crippen molar-refractivity contribution < 1.29 is 9.90 Å². The Labute approximate surface area is 80.3 Å². The SMILES string of the molecule is CC1CCCCCCC1(C)C(=O)O. The summed E-state index contributed by atoms with van der Waals surface area (Å²) in [6, 6.07) is 0. The predicted molar refractivity (Wildman–Crippen MR) is 52.6 cm³/mol. The van der Waals surface area contributed by atoms with Gasteiger partial charge in [-0.3, -0.25) is 4.79 Å². The highest BCUT2D eigenvalue weighted by molar-refractivity contribution is 5.74. The van der Waals surface area contributed by atoms with Crippen molar-refractivity contribution in [3.05, 3.63) is 0 Å². The minimum Gasteiger partial charge on any atom is -0.481 e. The molecule has 13 heavy (non-hydrogen) atoms. The van der Waals surface area contributed by atoms with Crippen LogP contribution in [0.4, 0.5) is 0 Å². The first kappa shape index (κ1) is 10.6. The maximum absolute atomic E-state index is 11.2. The van der Waals surface area contributed by atoms with Gasteiger partial charge >= 0.3 is 5.97 Å². The Kier molecular flexibility index (Phi) is 3.34. The van der Waals surface area contributed by atoms with Crippen LogP contribution in [0, 0.1) is 11.3 Å². The van der Waals surface area contributed by atoms with Gasteiger partial charge in [0.05, 0.1) is 5.41 Å². The number of carboxylic acid groups (broad SMARTS) is 1. The van der Waals surface area contributed by atoms with Crippen LogP contribution in [0.15, 0.2) is 0 Å². The lowest BCUT2D eigenvalue weighted by molar-refractivity contribution is -0.152. The van der Waals surface area contributed by atoms with E-state index in [9.17, 15) is 9.90 Å². The minimum atomic E-state index is -0.609. The summed E-state index contributed by atoms with van der Waals surface area (Å²) in [6.45, 7) is 3.99. The minimum absolute atomic E-state index is 0.324. The van der Waals surface area contributed by atoms with Crippen LogP contribution in [0.5, 0.6) is 0 Å². The normalized spacial score (nSPS) is 36.3. The van der Waals surface area contributed by atoms with Crippen molar-refractivity contribution in [2.24, 2.45) is 11.3 Å². The first-order valence-corrected chi connectivity index (χ1v) is 5.31. The summed E-state index contributed by atoms with van der Waals surface area (Å²) in [5, 5.41) is 9.18. The average Bonchev–Trinajstić information content (AvgIpc) is 2.07. The molecule has 0 amide bonds. The molecule has 0 spiro atoms. The first-order valence-electron chi connectivity index (χ1n) is 5.31. The van der Waals surface area contributed by atoms with E-state index in [-0.39, 0.29) is 0 Å². The van der Waals surface area contributed by atoms with Crippen molar-refractivity contribution in [1.29, 1.82) is 0 Å². The summed E-state index contributed by atoms with van der Waals surface area (Å²) in [4.78, 5) is 11.2. The molecule has 1 fully saturated rings. The second-order valence-electron chi connectivity index (χ2n) is 4.58. The molecule has 1 aliphatic rings. The van der Waals surface area contributed by atoms with Gasteiger partial charge in [0.15, 0.2) is 0 Å². The number of carboxylic acids is 1. The van der Waals surface area contributed by atoms with E-state index in [2.05, 4.69) is 6.92 Å². The van der Waals surface area contributed by atoms with Crippen LogP contribution in [0.1, 0.15) is 52.4 Å². The molecule has 0 heterocycles. The van der Waals surface area contributed by atoms with E-state index in [0.717, 1.165) is 19.3 Å². The summed E-state index contributed by atoms with van der Waals surface area (Å²) in [7, 11) is 0. The highest BCUT2D eigenvalue weighted by Crippen LogP contribution is 2.38. The largest absolute Gasteiger partial charge is 0.481 e. The zero-order valence-electron chi connectivity index (χ0n) is 8.68. The van der Waals surface area contributed by atoms with Gasteiger partial charge in [-0.25, -0.2) is 0 Å². The van der Waals surface area contributed by atoms with Gasteiger partial charge in [-0.05, 0) is 25.7 Å². The van der Waals surface area contributed by atoms with Crippen LogP contribution in [-0.2, 0) is 4.79 Å². The van der Waals surface area contributed by atoms with Crippen molar-refractivity contribution in [3.63, 3.8) is 0 Å². The smallest absolute Gasteiger partial charge is 0.309 e. The summed E-state index contributed by atoms with van der Waals surface area (Å²) >= 11 is 0. The lowest BCUT2D eigenvalue weighted by atomic mass is 9.71. The summed E-state index contributed by atoms with van der Waals surface area (Å²) in [5.41, 5.74) is -0.472. The van der Waals surface area contributed by atoms with Gasteiger partial charge in [0.1, 0.15) is 0 Å². The number of hydrogen-bond donors (Lipinski definition) is 1. The second kappa shape index (κ2) is 4.12. The van der Waals surface area contributed by atoms with Gasteiger partial charge in [0, 0.05) is 0 Å². The van der Waals surface area contributed by atoms with Crippen LogP contribution < -0.4 is 0 Å². The van der Waals surface area contributed by atoms with Crippen molar-refractivity contribution in [1.82, 2.24) is 0 Å². The Morgan fingerprint density at radius 2 is 1.92 bits per heavy atom. The van der Waals surface area contributed by atoms with Crippen LogP contribution in [-0.4, -0.2) is 11.1 Å². The number of rotatable bonds is 1. The first-order chi connectivity index (χ1) is 6.07. The molecule has 2 unspecified atom stereocenters. The third kappa shape index (κ3) is 2.23. The fourth-order valence-electron chi connectivity index (χ4n) is 2.18. The highest BCUT2D eigenvalue weighted by Gasteiger charge is 2.38. The highest BCUT2D eigenvalue weighted by atomic mass is 16.4. The van der Waals surface area contributed by atoms with Crippen molar-refractivity contribution >= 4 is 5.97 Å². The molecule has 76 valence electrons. The molecule has 1 rings (SSSR count). The van der Waals surface area contributed by atoms with Crippen LogP contribution in [0.25, 0.3) is 0 Å². The molecule has 0 aromatic rings. The quantitative estimate of drug-likeness (QED) is 0.680. The molecular weight excluding hydrogens is 164 g/mol. The van der Waals surface area contributed by atoms with Gasteiger partial charge in [0.2, 0.25) is 0 Å². The topological polar surface area (TPSA) is 37.3 Å². The van der Waals surface area contributed by atoms with Crippen molar-refractivity contribution in [2.75, 3.05) is 0 Å². The fraction of sp³-hybridized carbons (Fsp3) is 0.909. The van der Waals surface area contributed by atoms with E-state index in [1.54, 1.807) is 0 Å². The van der Waals surface area contributed by atoms with E-state index < -0.39 is 11.4 Å². The van der Waals surface area contributed by atoms with E-state index in [1.165, 1.54) is 19.3 Å². The Balaban J connectivity index is 2.71. The number of carbonyl (C=O) groups is 1. The molecule has 1 aliphatic carbocycles. The summed E-state index contributed by atoms with van der Waals surface area (Å²) < 4.78 is 0. The summed E-state index contributed by atoms with van der Waals surface area (Å²) in [5.74, 6) is -0.285. The van der Waals surface area contributed by atoms with Gasteiger partial charge in [-0.15, -0.1) is 0 Å². The maximum Gasteiger partial charge on any atom is 0.309 e. The van der Waals surface area contributed by atoms with Gasteiger partial charge < -0.3 is 5.11 Å². The lowest BCUT2D eigenvalue weighted by Gasteiger charge is -2.33. The van der Waals surface area contributed by atoms with Crippen molar-refractivity contribution in [2.45, 2.75) is 52.4 Å². The van der Waals surface area contributed by atoms with Gasteiger partial charge in [0.25, 0.3) is 0 Å². The molecule has 0 saturated heterocycles. The Hall–Kier alpha value is -0.530. The standard InChI is InChI=1S/C11H20O2/c1-9-7-5-3-4-6-8-11(9,2)10(12)13/h9H,3-8H2,1-2H3,(H,12,13). The van der Waals surface area contributed by atoms with Gasteiger partial charge in [-0.2, -0.15) is 0 Å². The van der Waals surface area contributed by atoms with Gasteiger partial charge in [-0.1, -0.05) is 32.6 Å². The Morgan fingerprint density at radius 1 is 1.31 bits per heavy atom. The number of hydrogen-bond acceptors (Lipinski definition) is 1. The molecule has 0 aliphatic heterocycles. The lowest BCUT2D eigenvalue weighted by Crippen LogP contribution is -2.35. The molecule has 0 aromatic heterocycles. The second-order valence-corrected chi connectivity index (χ2v) is 4.58. The predicted octanol–water partition coefficient (Wildman–Crippen LogP) is 3.07. The van der Waals surface area contributed by atoms with Crippen LogP contribution >= 0.6 is 0 Å². The molecule has 1 N–H and O–H groups in total. The fourth-order valence-corrected chi connectivity index (χ4v) is 2.18. The average molecular weight is 184 g/mol. The molecule has 2 atom stereocenters. The monoisotopic (exact) mass is 184 g/mol. The van der Waals surface area contributed by atoms with E-state index in [1.807, 2.05) is 6.92 Å². The molecular formula is C11H20O2. The van der Waals surface area contributed by atoms with Crippen LogP contribution in [0.2, 0.25) is 0 Å². The van der Waals surface area contributed by atoms with E-state index in [4.69, 9.17) is 0 Å². The zero-order chi connectivity index (χ0) is 9.90. The molecule has 0 aromatic carbocycles. The molecule has 2 nitrogen and oxygen atoms in total. The molecule has 1 saturated carbocycles. The third-order valence-electron chi connectivity index (χ3n) is 3.66. The number of aliphatic carboxylic acids is 1. The Morgan fingerprint density at radius 3 is 2.54 bits per heavy atom. The van der Waals surface area contributed by atoms with Crippen molar-refractivity contribution in [3.8, 4) is 0 Å². The zero-order valence-corrected chi connectivity index (χ0v) is 8.68.